The smallest absolute Gasteiger partial charge is 0.253 e. The monoisotopic (exact) mass is 354 g/mol. The zero-order chi connectivity index (χ0) is 18.0. The number of rotatable bonds is 4. The predicted octanol–water partition coefficient (Wildman–Crippen LogP) is 0.483. The Bertz CT molecular complexity index is 453. The number of carbonyl (C=O) groups excluding carboxylic acids is 1. The minimum Gasteiger partial charge on any atom is -0.393 e. The van der Waals surface area contributed by atoms with Crippen LogP contribution in [0.5, 0.6) is 0 Å². The van der Waals surface area contributed by atoms with Crippen LogP contribution < -0.4 is 5.73 Å². The van der Waals surface area contributed by atoms with Crippen LogP contribution in [-0.2, 0) is 4.79 Å². The third-order valence-corrected chi connectivity index (χ3v) is 7.03. The Labute approximate surface area is 150 Å². The SMILES string of the molecule is N[C@H](C1CCN(C(=O)[C@H](O)CO)CC1)C1CC2CCCCC2CC1O. The highest BCUT2D eigenvalue weighted by molar-refractivity contribution is 5.80. The Morgan fingerprint density at radius 2 is 1.68 bits per heavy atom. The molecule has 2 aliphatic carbocycles. The molecule has 3 aliphatic rings. The summed E-state index contributed by atoms with van der Waals surface area (Å²) in [5, 5.41) is 29.1. The van der Waals surface area contributed by atoms with Crippen molar-refractivity contribution >= 4 is 5.91 Å². The van der Waals surface area contributed by atoms with E-state index in [0.717, 1.165) is 31.6 Å². The number of piperidine rings is 1. The molecule has 0 aromatic heterocycles. The van der Waals surface area contributed by atoms with Gasteiger partial charge in [0, 0.05) is 25.0 Å². The van der Waals surface area contributed by atoms with Gasteiger partial charge in [0.1, 0.15) is 0 Å². The summed E-state index contributed by atoms with van der Waals surface area (Å²) in [5.41, 5.74) is 6.59. The van der Waals surface area contributed by atoms with Crippen molar-refractivity contribution in [3.63, 3.8) is 0 Å². The summed E-state index contributed by atoms with van der Waals surface area (Å²) in [6, 6.07) is -0.0158. The molecule has 3 fully saturated rings. The molecule has 6 atom stereocenters. The van der Waals surface area contributed by atoms with Crippen LogP contribution in [0.15, 0.2) is 0 Å². The molecule has 4 unspecified atom stereocenters. The maximum atomic E-state index is 12.0. The molecular weight excluding hydrogens is 320 g/mol. The summed E-state index contributed by atoms with van der Waals surface area (Å²) >= 11 is 0. The number of nitrogens with two attached hydrogens (primary N) is 1. The summed E-state index contributed by atoms with van der Waals surface area (Å²) in [5.74, 6) is 1.52. The normalized spacial score (nSPS) is 36.6. The number of aliphatic hydroxyl groups is 3. The summed E-state index contributed by atoms with van der Waals surface area (Å²) in [6.45, 7) is 0.612. The van der Waals surface area contributed by atoms with E-state index < -0.39 is 18.6 Å². The quantitative estimate of drug-likeness (QED) is 0.588. The molecule has 0 aromatic carbocycles. The van der Waals surface area contributed by atoms with Crippen LogP contribution in [0.3, 0.4) is 0 Å². The molecular formula is C19H34N2O4. The van der Waals surface area contributed by atoms with Crippen LogP contribution in [0.2, 0.25) is 0 Å². The number of carbonyl (C=O) groups is 1. The predicted molar refractivity (Wildman–Crippen MR) is 94.6 cm³/mol. The third kappa shape index (κ3) is 4.18. The molecule has 0 aromatic rings. The van der Waals surface area contributed by atoms with Gasteiger partial charge in [0.15, 0.2) is 6.10 Å². The Morgan fingerprint density at radius 3 is 2.28 bits per heavy atom. The lowest BCUT2D eigenvalue weighted by molar-refractivity contribution is -0.143. The Morgan fingerprint density at radius 1 is 1.08 bits per heavy atom. The summed E-state index contributed by atoms with van der Waals surface area (Å²) in [4.78, 5) is 13.6. The van der Waals surface area contributed by atoms with Crippen molar-refractivity contribution in [3.8, 4) is 0 Å². The number of hydrogen-bond acceptors (Lipinski definition) is 5. The maximum Gasteiger partial charge on any atom is 0.253 e. The van der Waals surface area contributed by atoms with E-state index >= 15 is 0 Å². The van der Waals surface area contributed by atoms with Crippen LogP contribution in [0.25, 0.3) is 0 Å². The van der Waals surface area contributed by atoms with E-state index in [-0.39, 0.29) is 18.1 Å². The molecule has 3 rings (SSSR count). The highest BCUT2D eigenvalue weighted by atomic mass is 16.3. The van der Waals surface area contributed by atoms with Gasteiger partial charge in [-0.15, -0.1) is 0 Å². The van der Waals surface area contributed by atoms with E-state index in [1.165, 1.54) is 25.7 Å². The molecule has 2 saturated carbocycles. The van der Waals surface area contributed by atoms with Gasteiger partial charge < -0.3 is 26.0 Å². The molecule has 1 aliphatic heterocycles. The van der Waals surface area contributed by atoms with Gasteiger partial charge in [-0.05, 0) is 43.4 Å². The van der Waals surface area contributed by atoms with E-state index in [4.69, 9.17) is 10.8 Å². The summed E-state index contributed by atoms with van der Waals surface area (Å²) in [7, 11) is 0. The van der Waals surface area contributed by atoms with Gasteiger partial charge in [0.05, 0.1) is 12.7 Å². The minimum absolute atomic E-state index is 0.0158. The van der Waals surface area contributed by atoms with Crippen molar-refractivity contribution < 1.29 is 20.1 Å². The van der Waals surface area contributed by atoms with Crippen LogP contribution >= 0.6 is 0 Å². The first-order valence-electron chi connectivity index (χ1n) is 10.0. The summed E-state index contributed by atoms with van der Waals surface area (Å²) in [6.07, 6.45) is 7.13. The average Bonchev–Trinajstić information content (AvgIpc) is 2.65. The number of likely N-dealkylation sites (tertiary alicyclic amines) is 1. The standard InChI is InChI=1S/C19H34N2O4/c20-18(12-5-7-21(8-6-12)19(25)17(24)11-22)15-9-13-3-1-2-4-14(13)10-16(15)23/h12-18,22-24H,1-11,20H2/t13?,14?,15?,16?,17-,18-/m1/s1. The number of fused-ring (bicyclic) bond motifs is 1. The molecule has 1 saturated heterocycles. The van der Waals surface area contributed by atoms with E-state index in [0.29, 0.717) is 24.9 Å². The Balaban J connectivity index is 1.53. The van der Waals surface area contributed by atoms with Crippen LogP contribution in [-0.4, -0.2) is 64.1 Å². The lowest BCUT2D eigenvalue weighted by Gasteiger charge is -2.46. The third-order valence-electron chi connectivity index (χ3n) is 7.03. The molecule has 1 heterocycles. The van der Waals surface area contributed by atoms with Crippen molar-refractivity contribution in [3.05, 3.63) is 0 Å². The number of aliphatic hydroxyl groups excluding tert-OH is 3. The van der Waals surface area contributed by atoms with Crippen LogP contribution in [0.1, 0.15) is 51.4 Å². The molecule has 0 radical (unpaired) electrons. The van der Waals surface area contributed by atoms with Crippen LogP contribution in [0, 0.1) is 23.7 Å². The van der Waals surface area contributed by atoms with Gasteiger partial charge in [0.2, 0.25) is 0 Å². The molecule has 0 bridgehead atoms. The van der Waals surface area contributed by atoms with E-state index in [1.807, 2.05) is 0 Å². The highest BCUT2D eigenvalue weighted by Gasteiger charge is 2.42. The second-order valence-corrected chi connectivity index (χ2v) is 8.45. The van der Waals surface area contributed by atoms with Crippen molar-refractivity contribution in [2.24, 2.45) is 29.4 Å². The zero-order valence-electron chi connectivity index (χ0n) is 15.1. The second kappa shape index (κ2) is 8.33. The Hall–Kier alpha value is -0.690. The average molecular weight is 354 g/mol. The van der Waals surface area contributed by atoms with Gasteiger partial charge in [-0.25, -0.2) is 0 Å². The van der Waals surface area contributed by atoms with Gasteiger partial charge in [-0.3, -0.25) is 4.79 Å². The van der Waals surface area contributed by atoms with Gasteiger partial charge >= 0.3 is 0 Å². The number of nitrogens with zero attached hydrogens (tertiary/aromatic N) is 1. The minimum atomic E-state index is -1.31. The van der Waals surface area contributed by atoms with E-state index in [1.54, 1.807) is 4.90 Å². The zero-order valence-corrected chi connectivity index (χ0v) is 15.1. The molecule has 0 spiro atoms. The van der Waals surface area contributed by atoms with Crippen molar-refractivity contribution in [1.82, 2.24) is 4.90 Å². The van der Waals surface area contributed by atoms with E-state index in [9.17, 15) is 15.0 Å². The van der Waals surface area contributed by atoms with Gasteiger partial charge in [-0.2, -0.15) is 0 Å². The molecule has 6 nitrogen and oxygen atoms in total. The van der Waals surface area contributed by atoms with Gasteiger partial charge in [-0.1, -0.05) is 25.7 Å². The van der Waals surface area contributed by atoms with Crippen LogP contribution in [0.4, 0.5) is 0 Å². The van der Waals surface area contributed by atoms with Crippen molar-refractivity contribution in [2.45, 2.75) is 69.6 Å². The molecule has 5 N–H and O–H groups in total. The highest BCUT2D eigenvalue weighted by Crippen LogP contribution is 2.44. The van der Waals surface area contributed by atoms with Crippen molar-refractivity contribution in [1.29, 1.82) is 0 Å². The second-order valence-electron chi connectivity index (χ2n) is 8.45. The molecule has 144 valence electrons. The number of hydrogen-bond donors (Lipinski definition) is 4. The maximum absolute atomic E-state index is 12.0. The fourth-order valence-corrected chi connectivity index (χ4v) is 5.45. The van der Waals surface area contributed by atoms with Gasteiger partial charge in [0.25, 0.3) is 5.91 Å². The topological polar surface area (TPSA) is 107 Å². The fraction of sp³-hybridized carbons (Fsp3) is 0.947. The molecule has 1 amide bonds. The lowest BCUT2D eigenvalue weighted by Crippen LogP contribution is -2.52. The largest absolute Gasteiger partial charge is 0.393 e. The van der Waals surface area contributed by atoms with E-state index in [2.05, 4.69) is 0 Å². The molecule has 25 heavy (non-hydrogen) atoms. The number of amides is 1. The van der Waals surface area contributed by atoms with Crippen molar-refractivity contribution in [2.75, 3.05) is 19.7 Å². The fourth-order valence-electron chi connectivity index (χ4n) is 5.45. The first-order valence-corrected chi connectivity index (χ1v) is 10.0. The molecule has 6 heteroatoms. The first kappa shape index (κ1) is 19.1. The summed E-state index contributed by atoms with van der Waals surface area (Å²) < 4.78 is 0. The lowest BCUT2D eigenvalue weighted by atomic mass is 9.63. The Kier molecular flexibility index (Phi) is 6.36. The first-order chi connectivity index (χ1) is 12.0.